The van der Waals surface area contributed by atoms with Crippen LogP contribution in [0.4, 0.5) is 0 Å². The van der Waals surface area contributed by atoms with E-state index in [1.807, 2.05) is 24.4 Å². The molecule has 2 rings (SSSR count). The standard InChI is InChI=1S/C10H13NOS/c1-10(5-3-6-11-10)9(12)8-4-2-7-13-8/h2,4,7,11H,3,5-6H2,1H3. The summed E-state index contributed by atoms with van der Waals surface area (Å²) in [5, 5.41) is 5.23. The summed E-state index contributed by atoms with van der Waals surface area (Å²) < 4.78 is 0. The molecule has 1 aromatic heterocycles. The molecule has 13 heavy (non-hydrogen) atoms. The van der Waals surface area contributed by atoms with Gasteiger partial charge in [-0.05, 0) is 37.8 Å². The van der Waals surface area contributed by atoms with Gasteiger partial charge in [-0.15, -0.1) is 11.3 Å². The highest BCUT2D eigenvalue weighted by Gasteiger charge is 2.36. The predicted molar refractivity (Wildman–Crippen MR) is 54.3 cm³/mol. The highest BCUT2D eigenvalue weighted by atomic mass is 32.1. The molecular formula is C10H13NOS. The first-order chi connectivity index (χ1) is 6.22. The van der Waals surface area contributed by atoms with Crippen LogP contribution in [0.3, 0.4) is 0 Å². The molecule has 0 amide bonds. The number of hydrogen-bond donors (Lipinski definition) is 1. The van der Waals surface area contributed by atoms with Gasteiger partial charge < -0.3 is 5.32 Å². The lowest BCUT2D eigenvalue weighted by Crippen LogP contribution is -2.44. The van der Waals surface area contributed by atoms with Gasteiger partial charge in [-0.2, -0.15) is 0 Å². The number of Topliss-reactive ketones (excluding diaryl/α,β-unsaturated/α-hetero) is 1. The molecule has 2 nitrogen and oxygen atoms in total. The molecular weight excluding hydrogens is 182 g/mol. The Hall–Kier alpha value is -0.670. The van der Waals surface area contributed by atoms with Crippen LogP contribution in [0, 0.1) is 0 Å². The smallest absolute Gasteiger partial charge is 0.192 e. The third-order valence-corrected chi connectivity index (χ3v) is 3.48. The summed E-state index contributed by atoms with van der Waals surface area (Å²) >= 11 is 1.53. The molecule has 0 aromatic carbocycles. The fourth-order valence-corrected chi connectivity index (χ4v) is 2.56. The second-order valence-corrected chi connectivity index (χ2v) is 4.62. The Labute approximate surface area is 82.0 Å². The van der Waals surface area contributed by atoms with Crippen molar-refractivity contribution in [2.45, 2.75) is 25.3 Å². The van der Waals surface area contributed by atoms with Crippen LogP contribution in [0.2, 0.25) is 0 Å². The Morgan fingerprint density at radius 1 is 1.69 bits per heavy atom. The molecule has 1 unspecified atom stereocenters. The summed E-state index contributed by atoms with van der Waals surface area (Å²) in [5.41, 5.74) is -0.301. The van der Waals surface area contributed by atoms with Crippen LogP contribution in [-0.2, 0) is 0 Å². The molecule has 1 aliphatic heterocycles. The van der Waals surface area contributed by atoms with Crippen LogP contribution < -0.4 is 5.32 Å². The minimum Gasteiger partial charge on any atom is -0.305 e. The Kier molecular flexibility index (Phi) is 2.22. The van der Waals surface area contributed by atoms with Gasteiger partial charge in [0, 0.05) is 0 Å². The molecule has 70 valence electrons. The van der Waals surface area contributed by atoms with E-state index in [2.05, 4.69) is 5.32 Å². The minimum absolute atomic E-state index is 0.250. The van der Waals surface area contributed by atoms with Gasteiger partial charge in [-0.1, -0.05) is 6.07 Å². The third kappa shape index (κ3) is 1.54. The van der Waals surface area contributed by atoms with Crippen molar-refractivity contribution in [3.05, 3.63) is 22.4 Å². The second-order valence-electron chi connectivity index (χ2n) is 3.67. The number of ketones is 1. The molecule has 0 aliphatic carbocycles. The Morgan fingerprint density at radius 2 is 2.54 bits per heavy atom. The first kappa shape index (κ1) is 8.91. The normalized spacial score (nSPS) is 27.8. The van der Waals surface area contributed by atoms with Crippen LogP contribution in [0.5, 0.6) is 0 Å². The molecule has 0 saturated carbocycles. The summed E-state index contributed by atoms with van der Waals surface area (Å²) in [4.78, 5) is 12.8. The van der Waals surface area contributed by atoms with Crippen LogP contribution in [0.1, 0.15) is 29.4 Å². The number of thiophene rings is 1. The van der Waals surface area contributed by atoms with Gasteiger partial charge in [0.1, 0.15) is 0 Å². The predicted octanol–water partition coefficient (Wildman–Crippen LogP) is 2.07. The van der Waals surface area contributed by atoms with E-state index in [1.54, 1.807) is 0 Å². The Bertz CT molecular complexity index is 299. The van der Waals surface area contributed by atoms with E-state index in [-0.39, 0.29) is 11.3 Å². The minimum atomic E-state index is -0.301. The van der Waals surface area contributed by atoms with Gasteiger partial charge in [0.15, 0.2) is 5.78 Å². The number of carbonyl (C=O) groups is 1. The number of hydrogen-bond acceptors (Lipinski definition) is 3. The molecule has 1 N–H and O–H groups in total. The van der Waals surface area contributed by atoms with Crippen molar-refractivity contribution in [1.29, 1.82) is 0 Å². The fourth-order valence-electron chi connectivity index (χ4n) is 1.77. The Morgan fingerprint density at radius 3 is 3.08 bits per heavy atom. The zero-order valence-corrected chi connectivity index (χ0v) is 8.49. The summed E-state index contributed by atoms with van der Waals surface area (Å²) in [6.07, 6.45) is 2.07. The van der Waals surface area contributed by atoms with Crippen molar-refractivity contribution in [2.24, 2.45) is 0 Å². The Balaban J connectivity index is 2.21. The monoisotopic (exact) mass is 195 g/mol. The van der Waals surface area contributed by atoms with Gasteiger partial charge in [-0.3, -0.25) is 4.79 Å². The van der Waals surface area contributed by atoms with E-state index in [1.165, 1.54) is 11.3 Å². The molecule has 2 heterocycles. The molecule has 1 aromatic rings. The van der Waals surface area contributed by atoms with Gasteiger partial charge in [0.2, 0.25) is 0 Å². The summed E-state index contributed by atoms with van der Waals surface area (Å²) in [6, 6.07) is 3.83. The van der Waals surface area contributed by atoms with Crippen molar-refractivity contribution in [2.75, 3.05) is 6.54 Å². The first-order valence-electron chi connectivity index (χ1n) is 4.56. The molecule has 0 spiro atoms. The zero-order valence-electron chi connectivity index (χ0n) is 7.67. The van der Waals surface area contributed by atoms with Crippen LogP contribution in [0.15, 0.2) is 17.5 Å². The van der Waals surface area contributed by atoms with E-state index in [4.69, 9.17) is 0 Å². The number of carbonyl (C=O) groups excluding carboxylic acids is 1. The van der Waals surface area contributed by atoms with Crippen molar-refractivity contribution in [1.82, 2.24) is 5.32 Å². The molecule has 1 fully saturated rings. The third-order valence-electron chi connectivity index (χ3n) is 2.61. The van der Waals surface area contributed by atoms with Gasteiger partial charge in [0.25, 0.3) is 0 Å². The maximum Gasteiger partial charge on any atom is 0.192 e. The summed E-state index contributed by atoms with van der Waals surface area (Å²) in [5.74, 6) is 0.250. The zero-order chi connectivity index (χ0) is 9.31. The average Bonchev–Trinajstić information content (AvgIpc) is 2.73. The van der Waals surface area contributed by atoms with Crippen LogP contribution in [-0.4, -0.2) is 17.9 Å². The van der Waals surface area contributed by atoms with Crippen molar-refractivity contribution >= 4 is 17.1 Å². The van der Waals surface area contributed by atoms with Gasteiger partial charge in [0.05, 0.1) is 10.4 Å². The number of nitrogens with one attached hydrogen (secondary N) is 1. The molecule has 1 aliphatic rings. The summed E-state index contributed by atoms with van der Waals surface area (Å²) in [6.45, 7) is 2.97. The molecule has 1 saturated heterocycles. The SMILES string of the molecule is CC1(C(=O)c2cccs2)CCCN1. The lowest BCUT2D eigenvalue weighted by molar-refractivity contribution is 0.0888. The highest BCUT2D eigenvalue weighted by Crippen LogP contribution is 2.25. The highest BCUT2D eigenvalue weighted by molar-refractivity contribution is 7.12. The summed E-state index contributed by atoms with van der Waals surface area (Å²) in [7, 11) is 0. The molecule has 0 bridgehead atoms. The van der Waals surface area contributed by atoms with Crippen LogP contribution >= 0.6 is 11.3 Å². The van der Waals surface area contributed by atoms with E-state index in [0.29, 0.717) is 0 Å². The lowest BCUT2D eigenvalue weighted by atomic mass is 9.94. The van der Waals surface area contributed by atoms with Crippen molar-refractivity contribution in [3.63, 3.8) is 0 Å². The van der Waals surface area contributed by atoms with E-state index in [0.717, 1.165) is 24.3 Å². The average molecular weight is 195 g/mol. The number of rotatable bonds is 2. The quantitative estimate of drug-likeness (QED) is 0.732. The molecule has 0 radical (unpaired) electrons. The van der Waals surface area contributed by atoms with E-state index in [9.17, 15) is 4.79 Å². The van der Waals surface area contributed by atoms with E-state index >= 15 is 0 Å². The van der Waals surface area contributed by atoms with Gasteiger partial charge >= 0.3 is 0 Å². The largest absolute Gasteiger partial charge is 0.305 e. The maximum absolute atomic E-state index is 12.0. The molecule has 1 atom stereocenters. The topological polar surface area (TPSA) is 29.1 Å². The van der Waals surface area contributed by atoms with Crippen LogP contribution in [0.25, 0.3) is 0 Å². The maximum atomic E-state index is 12.0. The molecule has 3 heteroatoms. The van der Waals surface area contributed by atoms with Gasteiger partial charge in [-0.25, -0.2) is 0 Å². The van der Waals surface area contributed by atoms with E-state index < -0.39 is 0 Å². The second kappa shape index (κ2) is 3.24. The lowest BCUT2D eigenvalue weighted by Gasteiger charge is -2.21. The first-order valence-corrected chi connectivity index (χ1v) is 5.44. The van der Waals surface area contributed by atoms with Crippen molar-refractivity contribution in [3.8, 4) is 0 Å². The fraction of sp³-hybridized carbons (Fsp3) is 0.500. The van der Waals surface area contributed by atoms with Crippen molar-refractivity contribution < 1.29 is 4.79 Å².